The zero-order chi connectivity index (χ0) is 22.3. The second-order valence-electron chi connectivity index (χ2n) is 7.17. The summed E-state index contributed by atoms with van der Waals surface area (Å²) in [4.78, 5) is 28.0. The smallest absolute Gasteiger partial charge is 0.282 e. The van der Waals surface area contributed by atoms with Crippen molar-refractivity contribution in [3.63, 3.8) is 0 Å². The summed E-state index contributed by atoms with van der Waals surface area (Å²) in [7, 11) is 0. The van der Waals surface area contributed by atoms with Crippen LogP contribution in [0.5, 0.6) is 0 Å². The number of carbonyl (C=O) groups excluding carboxylic acids is 2. The van der Waals surface area contributed by atoms with E-state index < -0.39 is 17.6 Å². The molecular formula is C24H17Cl2FN2O2. The van der Waals surface area contributed by atoms with E-state index in [-0.39, 0.29) is 11.3 Å². The van der Waals surface area contributed by atoms with Crippen LogP contribution in [-0.2, 0) is 9.59 Å². The van der Waals surface area contributed by atoms with Gasteiger partial charge in [-0.2, -0.15) is 0 Å². The number of nitrogens with one attached hydrogen (secondary N) is 1. The van der Waals surface area contributed by atoms with Crippen molar-refractivity contribution in [1.82, 2.24) is 0 Å². The summed E-state index contributed by atoms with van der Waals surface area (Å²) >= 11 is 12.4. The number of imide groups is 1. The highest BCUT2D eigenvalue weighted by atomic mass is 35.5. The first kappa shape index (κ1) is 21.1. The molecule has 4 nitrogen and oxygen atoms in total. The average Bonchev–Trinajstić information content (AvgIpc) is 2.98. The molecule has 3 aromatic carbocycles. The van der Waals surface area contributed by atoms with Crippen LogP contribution < -0.4 is 10.2 Å². The molecule has 1 N–H and O–H groups in total. The van der Waals surface area contributed by atoms with Gasteiger partial charge in [-0.25, -0.2) is 9.29 Å². The number of benzene rings is 3. The molecule has 7 heteroatoms. The van der Waals surface area contributed by atoms with Gasteiger partial charge in [-0.1, -0.05) is 47.5 Å². The van der Waals surface area contributed by atoms with Crippen molar-refractivity contribution in [2.24, 2.45) is 0 Å². The molecule has 0 spiro atoms. The summed E-state index contributed by atoms with van der Waals surface area (Å²) in [6.07, 6.45) is 0. The molecule has 0 bridgehead atoms. The number of hydrogen-bond donors (Lipinski definition) is 1. The highest BCUT2D eigenvalue weighted by Crippen LogP contribution is 2.37. The van der Waals surface area contributed by atoms with Gasteiger partial charge in [-0.05, 0) is 66.9 Å². The molecule has 4 rings (SSSR count). The third-order valence-electron chi connectivity index (χ3n) is 5.16. The second kappa shape index (κ2) is 8.17. The van der Waals surface area contributed by atoms with E-state index >= 15 is 0 Å². The van der Waals surface area contributed by atoms with E-state index in [4.69, 9.17) is 23.2 Å². The van der Waals surface area contributed by atoms with Crippen molar-refractivity contribution < 1.29 is 14.0 Å². The van der Waals surface area contributed by atoms with Gasteiger partial charge in [-0.15, -0.1) is 0 Å². The Labute approximate surface area is 188 Å². The zero-order valence-corrected chi connectivity index (χ0v) is 18.2. The summed E-state index contributed by atoms with van der Waals surface area (Å²) in [5.74, 6) is -1.50. The summed E-state index contributed by atoms with van der Waals surface area (Å²) in [6, 6.07) is 15.7. The first-order valence-electron chi connectivity index (χ1n) is 9.45. The summed E-state index contributed by atoms with van der Waals surface area (Å²) in [5, 5.41) is 4.00. The summed E-state index contributed by atoms with van der Waals surface area (Å²) < 4.78 is 13.5. The van der Waals surface area contributed by atoms with Crippen molar-refractivity contribution in [3.8, 4) is 0 Å². The van der Waals surface area contributed by atoms with Gasteiger partial charge in [0, 0.05) is 15.7 Å². The lowest BCUT2D eigenvalue weighted by atomic mass is 10.0. The van der Waals surface area contributed by atoms with Crippen LogP contribution in [0.1, 0.15) is 16.7 Å². The van der Waals surface area contributed by atoms with Crippen LogP contribution in [-0.4, -0.2) is 11.8 Å². The number of nitrogens with zero attached hydrogens (tertiary/aromatic N) is 1. The van der Waals surface area contributed by atoms with Crippen molar-refractivity contribution in [1.29, 1.82) is 0 Å². The lowest BCUT2D eigenvalue weighted by Crippen LogP contribution is -2.33. The molecule has 0 fully saturated rings. The van der Waals surface area contributed by atoms with Gasteiger partial charge in [0.05, 0.1) is 11.3 Å². The van der Waals surface area contributed by atoms with Gasteiger partial charge in [0.1, 0.15) is 11.5 Å². The fourth-order valence-corrected chi connectivity index (χ4v) is 3.79. The molecule has 156 valence electrons. The van der Waals surface area contributed by atoms with Gasteiger partial charge in [0.15, 0.2) is 0 Å². The molecule has 3 aromatic rings. The van der Waals surface area contributed by atoms with E-state index in [9.17, 15) is 14.0 Å². The molecule has 0 atom stereocenters. The quantitative estimate of drug-likeness (QED) is 0.481. The van der Waals surface area contributed by atoms with E-state index in [1.807, 2.05) is 6.92 Å². The first-order chi connectivity index (χ1) is 14.8. The van der Waals surface area contributed by atoms with Crippen LogP contribution in [0.15, 0.2) is 66.4 Å². The predicted octanol–water partition coefficient (Wildman–Crippen LogP) is 6.15. The molecule has 31 heavy (non-hydrogen) atoms. The van der Waals surface area contributed by atoms with Crippen molar-refractivity contribution in [2.45, 2.75) is 13.8 Å². The van der Waals surface area contributed by atoms with Gasteiger partial charge in [0.2, 0.25) is 0 Å². The Hall–Kier alpha value is -3.15. The van der Waals surface area contributed by atoms with Crippen molar-refractivity contribution >= 4 is 52.0 Å². The first-order valence-corrected chi connectivity index (χ1v) is 10.2. The SMILES string of the molecule is Cc1ccc(Cl)cc1N1C(=O)C(Nc2cccc(Cl)c2C)=C(c2ccc(F)cc2)C1=O. The minimum absolute atomic E-state index is 0.0846. The second-order valence-corrected chi connectivity index (χ2v) is 8.01. The number of aryl methyl sites for hydroxylation is 1. The van der Waals surface area contributed by atoms with Gasteiger partial charge >= 0.3 is 0 Å². The highest BCUT2D eigenvalue weighted by Gasteiger charge is 2.41. The maximum absolute atomic E-state index is 13.5. The molecule has 1 aliphatic rings. The normalized spacial score (nSPS) is 13.9. The van der Waals surface area contributed by atoms with Crippen LogP contribution in [0.25, 0.3) is 5.57 Å². The molecule has 1 heterocycles. The number of hydrogen-bond acceptors (Lipinski definition) is 3. The Morgan fingerprint density at radius 3 is 2.32 bits per heavy atom. The molecule has 0 unspecified atom stereocenters. The molecule has 0 saturated carbocycles. The summed E-state index contributed by atoms with van der Waals surface area (Å²) in [6.45, 7) is 3.60. The largest absolute Gasteiger partial charge is 0.350 e. The van der Waals surface area contributed by atoms with Crippen molar-refractivity contribution in [3.05, 3.63) is 98.9 Å². The fraction of sp³-hybridized carbons (Fsp3) is 0.0833. The predicted molar refractivity (Wildman–Crippen MR) is 122 cm³/mol. The lowest BCUT2D eigenvalue weighted by molar-refractivity contribution is -0.120. The van der Waals surface area contributed by atoms with E-state index in [1.165, 1.54) is 24.3 Å². The Morgan fingerprint density at radius 2 is 1.61 bits per heavy atom. The van der Waals surface area contributed by atoms with Gasteiger partial charge in [-0.3, -0.25) is 9.59 Å². The molecule has 2 amide bonds. The van der Waals surface area contributed by atoms with Crippen LogP contribution in [0, 0.1) is 19.7 Å². The number of anilines is 2. The Kier molecular flexibility index (Phi) is 5.56. The number of halogens is 3. The van der Waals surface area contributed by atoms with Crippen molar-refractivity contribution in [2.75, 3.05) is 10.2 Å². The third kappa shape index (κ3) is 3.82. The van der Waals surface area contributed by atoms with E-state index in [1.54, 1.807) is 43.3 Å². The maximum Gasteiger partial charge on any atom is 0.282 e. The monoisotopic (exact) mass is 454 g/mol. The molecule has 0 saturated heterocycles. The molecule has 0 aromatic heterocycles. The molecular weight excluding hydrogens is 438 g/mol. The fourth-order valence-electron chi connectivity index (χ4n) is 3.45. The Morgan fingerprint density at radius 1 is 0.903 bits per heavy atom. The Balaban J connectivity index is 1.88. The topological polar surface area (TPSA) is 49.4 Å². The summed E-state index contributed by atoms with van der Waals surface area (Å²) in [5.41, 5.74) is 3.07. The van der Waals surface area contributed by atoms with Gasteiger partial charge < -0.3 is 5.32 Å². The van der Waals surface area contributed by atoms with Crippen LogP contribution in [0.4, 0.5) is 15.8 Å². The zero-order valence-electron chi connectivity index (χ0n) is 16.7. The lowest BCUT2D eigenvalue weighted by Gasteiger charge is -2.18. The van der Waals surface area contributed by atoms with E-state index in [0.717, 1.165) is 10.5 Å². The maximum atomic E-state index is 13.5. The van der Waals surface area contributed by atoms with Crippen LogP contribution in [0.3, 0.4) is 0 Å². The average molecular weight is 455 g/mol. The minimum atomic E-state index is -0.533. The van der Waals surface area contributed by atoms with Crippen LogP contribution in [0.2, 0.25) is 10.0 Å². The Bertz CT molecular complexity index is 1250. The standard InChI is InChI=1S/C24H17Cl2FN2O2/c1-13-6-9-16(25)12-20(13)29-23(30)21(15-7-10-17(27)11-8-15)22(24(29)31)28-19-5-3-4-18(26)14(19)2/h3-12,28H,1-2H3. The third-order valence-corrected chi connectivity index (χ3v) is 5.80. The number of carbonyl (C=O) groups is 2. The molecule has 0 radical (unpaired) electrons. The molecule has 1 aliphatic heterocycles. The molecule has 0 aliphatic carbocycles. The van der Waals surface area contributed by atoms with E-state index in [0.29, 0.717) is 32.5 Å². The number of rotatable bonds is 4. The van der Waals surface area contributed by atoms with E-state index in [2.05, 4.69) is 5.32 Å². The number of amides is 2. The highest BCUT2D eigenvalue weighted by molar-refractivity contribution is 6.46. The van der Waals surface area contributed by atoms with Crippen LogP contribution >= 0.6 is 23.2 Å². The van der Waals surface area contributed by atoms with Gasteiger partial charge in [0.25, 0.3) is 11.8 Å². The minimum Gasteiger partial charge on any atom is -0.350 e.